The van der Waals surface area contributed by atoms with E-state index < -0.39 is 15.8 Å². The molecule has 108 valence electrons. The van der Waals surface area contributed by atoms with Crippen molar-refractivity contribution in [1.82, 2.24) is 4.57 Å². The molecule has 1 fully saturated rings. The molecule has 20 heavy (non-hydrogen) atoms. The molecular formula is C14H17FN2O2S. The number of aromatic nitrogens is 1. The van der Waals surface area contributed by atoms with Crippen molar-refractivity contribution >= 4 is 20.9 Å². The zero-order valence-corrected chi connectivity index (χ0v) is 11.9. The van der Waals surface area contributed by atoms with Gasteiger partial charge in [-0.05, 0) is 37.0 Å². The van der Waals surface area contributed by atoms with Gasteiger partial charge < -0.3 is 4.57 Å². The van der Waals surface area contributed by atoms with Crippen molar-refractivity contribution in [3.63, 3.8) is 0 Å². The first-order valence-electron chi connectivity index (χ1n) is 6.76. The Balaban J connectivity index is 2.12. The fourth-order valence-corrected chi connectivity index (χ4v) is 3.83. The Morgan fingerprint density at radius 2 is 2.00 bits per heavy atom. The average molecular weight is 296 g/mol. The quantitative estimate of drug-likeness (QED) is 0.946. The molecule has 2 aromatic rings. The van der Waals surface area contributed by atoms with Gasteiger partial charge in [0, 0.05) is 23.6 Å². The van der Waals surface area contributed by atoms with Crippen LogP contribution in [0.2, 0.25) is 0 Å². The number of benzene rings is 1. The van der Waals surface area contributed by atoms with E-state index in [-0.39, 0.29) is 4.90 Å². The van der Waals surface area contributed by atoms with Gasteiger partial charge in [0.05, 0.1) is 0 Å². The summed E-state index contributed by atoms with van der Waals surface area (Å²) in [5, 5.41) is 5.60. The molecule has 0 unspecified atom stereocenters. The summed E-state index contributed by atoms with van der Waals surface area (Å²) >= 11 is 0. The topological polar surface area (TPSA) is 65.1 Å². The lowest BCUT2D eigenvalue weighted by Gasteiger charge is -2.11. The largest absolute Gasteiger partial charge is 0.346 e. The Morgan fingerprint density at radius 1 is 1.30 bits per heavy atom. The maximum atomic E-state index is 13.4. The minimum absolute atomic E-state index is 0.00463. The molecule has 0 spiro atoms. The van der Waals surface area contributed by atoms with Crippen molar-refractivity contribution in [3.8, 4) is 0 Å². The SMILES string of the molecule is NS(=O)(=O)c1cn(CC2CCCC2)c2ccc(F)cc12. The van der Waals surface area contributed by atoms with E-state index in [2.05, 4.69) is 0 Å². The highest BCUT2D eigenvalue weighted by Crippen LogP contribution is 2.30. The molecule has 0 saturated heterocycles. The first kappa shape index (κ1) is 13.6. The normalized spacial score (nSPS) is 17.1. The van der Waals surface area contributed by atoms with Gasteiger partial charge in [-0.1, -0.05) is 12.8 Å². The highest BCUT2D eigenvalue weighted by Gasteiger charge is 2.21. The Hall–Kier alpha value is -1.40. The lowest BCUT2D eigenvalue weighted by Crippen LogP contribution is -2.12. The fraction of sp³-hybridized carbons (Fsp3) is 0.429. The Bertz CT molecular complexity index is 746. The zero-order chi connectivity index (χ0) is 14.3. The summed E-state index contributed by atoms with van der Waals surface area (Å²) in [5.74, 6) is 0.102. The Labute approximate surface area is 117 Å². The second kappa shape index (κ2) is 4.86. The molecule has 3 rings (SSSR count). The average Bonchev–Trinajstić information content (AvgIpc) is 2.97. The predicted octanol–water partition coefficient (Wildman–Crippen LogP) is 2.62. The molecule has 0 amide bonds. The smallest absolute Gasteiger partial charge is 0.240 e. The molecule has 1 aliphatic rings. The van der Waals surface area contributed by atoms with Crippen molar-refractivity contribution in [2.24, 2.45) is 11.1 Å². The number of halogens is 1. The van der Waals surface area contributed by atoms with Gasteiger partial charge in [0.15, 0.2) is 0 Å². The molecule has 0 bridgehead atoms. The Kier molecular flexibility index (Phi) is 3.30. The number of fused-ring (bicyclic) bond motifs is 1. The van der Waals surface area contributed by atoms with Gasteiger partial charge in [0.25, 0.3) is 0 Å². The van der Waals surface area contributed by atoms with E-state index in [9.17, 15) is 12.8 Å². The first-order valence-corrected chi connectivity index (χ1v) is 8.31. The fourth-order valence-electron chi connectivity index (χ4n) is 3.09. The van der Waals surface area contributed by atoms with E-state index in [0.717, 1.165) is 24.9 Å². The van der Waals surface area contributed by atoms with Crippen LogP contribution in [0.25, 0.3) is 10.9 Å². The monoisotopic (exact) mass is 296 g/mol. The van der Waals surface area contributed by atoms with Crippen LogP contribution in [0.3, 0.4) is 0 Å². The second-order valence-electron chi connectivity index (χ2n) is 5.50. The number of sulfonamides is 1. The van der Waals surface area contributed by atoms with Gasteiger partial charge in [-0.3, -0.25) is 0 Å². The van der Waals surface area contributed by atoms with Crippen LogP contribution in [-0.2, 0) is 16.6 Å². The lowest BCUT2D eigenvalue weighted by atomic mass is 10.1. The van der Waals surface area contributed by atoms with E-state index >= 15 is 0 Å². The van der Waals surface area contributed by atoms with E-state index in [4.69, 9.17) is 5.14 Å². The van der Waals surface area contributed by atoms with Crippen LogP contribution in [0, 0.1) is 11.7 Å². The maximum absolute atomic E-state index is 13.4. The van der Waals surface area contributed by atoms with Crippen molar-refractivity contribution < 1.29 is 12.8 Å². The van der Waals surface area contributed by atoms with E-state index in [1.165, 1.54) is 31.2 Å². The third kappa shape index (κ3) is 2.45. The van der Waals surface area contributed by atoms with Gasteiger partial charge in [-0.25, -0.2) is 17.9 Å². The molecule has 6 heteroatoms. The maximum Gasteiger partial charge on any atom is 0.240 e. The number of hydrogen-bond donors (Lipinski definition) is 1. The molecule has 1 heterocycles. The van der Waals surface area contributed by atoms with Crippen molar-refractivity contribution in [2.75, 3.05) is 0 Å². The Morgan fingerprint density at radius 3 is 2.65 bits per heavy atom. The molecule has 0 aliphatic heterocycles. The van der Waals surface area contributed by atoms with Crippen LogP contribution >= 0.6 is 0 Å². The predicted molar refractivity (Wildman–Crippen MR) is 75.2 cm³/mol. The first-order chi connectivity index (χ1) is 9.45. The molecule has 2 N–H and O–H groups in total. The van der Waals surface area contributed by atoms with E-state index in [1.54, 1.807) is 6.07 Å². The van der Waals surface area contributed by atoms with Gasteiger partial charge in [0.1, 0.15) is 10.7 Å². The third-order valence-corrected chi connectivity index (χ3v) is 4.98. The third-order valence-electron chi connectivity index (χ3n) is 4.04. The molecule has 0 radical (unpaired) electrons. The number of nitrogens with two attached hydrogens (primary N) is 1. The summed E-state index contributed by atoms with van der Waals surface area (Å²) in [5.41, 5.74) is 0.724. The minimum Gasteiger partial charge on any atom is -0.346 e. The van der Waals surface area contributed by atoms with Gasteiger partial charge >= 0.3 is 0 Å². The second-order valence-corrected chi connectivity index (χ2v) is 7.03. The molecule has 1 aromatic carbocycles. The lowest BCUT2D eigenvalue weighted by molar-refractivity contribution is 0.464. The van der Waals surface area contributed by atoms with Crippen molar-refractivity contribution in [1.29, 1.82) is 0 Å². The summed E-state index contributed by atoms with van der Waals surface area (Å²) in [6.45, 7) is 0.762. The summed E-state index contributed by atoms with van der Waals surface area (Å²) in [7, 11) is -3.85. The van der Waals surface area contributed by atoms with Crippen molar-refractivity contribution in [2.45, 2.75) is 37.1 Å². The number of hydrogen-bond acceptors (Lipinski definition) is 2. The van der Waals surface area contributed by atoms with Crippen LogP contribution in [0.15, 0.2) is 29.3 Å². The summed E-state index contributed by atoms with van der Waals surface area (Å²) in [4.78, 5) is 0.00463. The number of primary sulfonamides is 1. The minimum atomic E-state index is -3.85. The number of nitrogens with zero attached hydrogens (tertiary/aromatic N) is 1. The molecule has 0 atom stereocenters. The van der Waals surface area contributed by atoms with Crippen LogP contribution in [0.5, 0.6) is 0 Å². The van der Waals surface area contributed by atoms with Crippen LogP contribution < -0.4 is 5.14 Å². The van der Waals surface area contributed by atoms with Gasteiger partial charge in [0.2, 0.25) is 10.0 Å². The van der Waals surface area contributed by atoms with Gasteiger partial charge in [-0.15, -0.1) is 0 Å². The molecule has 1 aromatic heterocycles. The van der Waals surface area contributed by atoms with Crippen molar-refractivity contribution in [3.05, 3.63) is 30.2 Å². The molecular weight excluding hydrogens is 279 g/mol. The van der Waals surface area contributed by atoms with Crippen LogP contribution in [0.1, 0.15) is 25.7 Å². The highest BCUT2D eigenvalue weighted by atomic mass is 32.2. The van der Waals surface area contributed by atoms with Gasteiger partial charge in [-0.2, -0.15) is 0 Å². The van der Waals surface area contributed by atoms with E-state index in [0.29, 0.717) is 11.3 Å². The number of rotatable bonds is 3. The molecule has 4 nitrogen and oxygen atoms in total. The van der Waals surface area contributed by atoms with Crippen LogP contribution in [-0.4, -0.2) is 13.0 Å². The summed E-state index contributed by atoms with van der Waals surface area (Å²) in [6, 6.07) is 4.20. The molecule has 1 aliphatic carbocycles. The summed E-state index contributed by atoms with van der Waals surface area (Å²) in [6.07, 6.45) is 6.30. The standard InChI is InChI=1S/C14H17FN2O2S/c15-11-5-6-13-12(7-11)14(20(16,18)19)9-17(13)8-10-3-1-2-4-10/h5-7,9-10H,1-4,8H2,(H2,16,18,19). The zero-order valence-electron chi connectivity index (χ0n) is 11.0. The molecule has 1 saturated carbocycles. The highest BCUT2D eigenvalue weighted by molar-refractivity contribution is 7.89. The van der Waals surface area contributed by atoms with E-state index in [1.807, 2.05) is 4.57 Å². The summed E-state index contributed by atoms with van der Waals surface area (Å²) < 4.78 is 38.6. The van der Waals surface area contributed by atoms with Crippen LogP contribution in [0.4, 0.5) is 4.39 Å².